The van der Waals surface area contributed by atoms with Crippen molar-refractivity contribution < 1.29 is 22.8 Å². The van der Waals surface area contributed by atoms with Gasteiger partial charge in [0.2, 0.25) is 5.91 Å². The normalized spacial score (nSPS) is 17.2. The second-order valence-corrected chi connectivity index (χ2v) is 8.33. The fourth-order valence-electron chi connectivity index (χ4n) is 3.33. The van der Waals surface area contributed by atoms with Gasteiger partial charge in [0, 0.05) is 12.2 Å². The molecule has 0 spiro atoms. The first kappa shape index (κ1) is 21.5. The first-order chi connectivity index (χ1) is 14.7. The monoisotopic (exact) mass is 455 g/mol. The zero-order chi connectivity index (χ0) is 22.2. The molecule has 31 heavy (non-hydrogen) atoms. The molecule has 1 aromatic heterocycles. The molecule has 7 nitrogen and oxygen atoms in total. The van der Waals surface area contributed by atoms with Crippen molar-refractivity contribution in [1.82, 2.24) is 20.4 Å². The van der Waals surface area contributed by atoms with Crippen molar-refractivity contribution in [3.05, 3.63) is 46.7 Å². The maximum absolute atomic E-state index is 13.2. The van der Waals surface area contributed by atoms with Gasteiger partial charge < -0.3 is 16.0 Å². The van der Waals surface area contributed by atoms with Crippen molar-refractivity contribution in [2.45, 2.75) is 50.5 Å². The molecule has 3 N–H and O–H groups in total. The molecule has 1 atom stereocenters. The number of alkyl halides is 3. The molecule has 0 radical (unpaired) electrons. The molecule has 2 aliphatic rings. The van der Waals surface area contributed by atoms with Crippen molar-refractivity contribution in [1.29, 1.82) is 0 Å². The van der Waals surface area contributed by atoms with Crippen molar-refractivity contribution >= 4 is 29.2 Å². The highest BCUT2D eigenvalue weighted by Gasteiger charge is 2.37. The highest BCUT2D eigenvalue weighted by Crippen LogP contribution is 2.43. The van der Waals surface area contributed by atoms with Gasteiger partial charge in [-0.2, -0.15) is 18.3 Å². The quantitative estimate of drug-likeness (QED) is 0.587. The minimum atomic E-state index is -4.58. The van der Waals surface area contributed by atoms with Crippen molar-refractivity contribution in [3.8, 4) is 0 Å². The van der Waals surface area contributed by atoms with Crippen LogP contribution in [0.1, 0.15) is 42.9 Å². The summed E-state index contributed by atoms with van der Waals surface area (Å²) in [5, 5.41) is 11.9. The lowest BCUT2D eigenvalue weighted by atomic mass is 10.00. The van der Waals surface area contributed by atoms with Crippen LogP contribution in [0.25, 0.3) is 0 Å². The van der Waals surface area contributed by atoms with E-state index in [9.17, 15) is 22.8 Å². The van der Waals surface area contributed by atoms with Crippen LogP contribution in [0.15, 0.2) is 30.6 Å². The number of anilines is 1. The van der Waals surface area contributed by atoms with Gasteiger partial charge in [0.25, 0.3) is 0 Å². The third kappa shape index (κ3) is 5.69. The molecule has 4 rings (SSSR count). The highest BCUT2D eigenvalue weighted by molar-refractivity contribution is 6.31. The summed E-state index contributed by atoms with van der Waals surface area (Å²) in [7, 11) is 0. The summed E-state index contributed by atoms with van der Waals surface area (Å²) in [5.41, 5.74) is -0.203. The summed E-state index contributed by atoms with van der Waals surface area (Å²) in [4.78, 5) is 24.3. The maximum Gasteiger partial charge on any atom is 0.417 e. The van der Waals surface area contributed by atoms with E-state index in [2.05, 4.69) is 21.0 Å². The zero-order valence-electron chi connectivity index (χ0n) is 16.4. The van der Waals surface area contributed by atoms with Crippen LogP contribution < -0.4 is 16.0 Å². The predicted octanol–water partition coefficient (Wildman–Crippen LogP) is 4.11. The molecule has 1 heterocycles. The maximum atomic E-state index is 13.2. The molecule has 2 fully saturated rings. The van der Waals surface area contributed by atoms with Crippen LogP contribution in [0.3, 0.4) is 0 Å². The first-order valence-electron chi connectivity index (χ1n) is 9.95. The lowest BCUT2D eigenvalue weighted by molar-refractivity contribution is -0.137. The van der Waals surface area contributed by atoms with Gasteiger partial charge in [-0.25, -0.2) is 4.79 Å². The Morgan fingerprint density at radius 1 is 1.23 bits per heavy atom. The fraction of sp³-hybridized carbons (Fsp3) is 0.450. The number of carbonyl (C=O) groups is 2. The van der Waals surface area contributed by atoms with Crippen LogP contribution in [0.4, 0.5) is 23.7 Å². The number of aromatic nitrogens is 2. The Kier molecular flexibility index (Phi) is 5.83. The van der Waals surface area contributed by atoms with E-state index in [4.69, 9.17) is 11.6 Å². The Morgan fingerprint density at radius 3 is 2.61 bits per heavy atom. The van der Waals surface area contributed by atoms with E-state index in [-0.39, 0.29) is 29.4 Å². The van der Waals surface area contributed by atoms with E-state index in [1.165, 1.54) is 29.2 Å². The van der Waals surface area contributed by atoms with Crippen LogP contribution in [0.5, 0.6) is 0 Å². The second-order valence-electron chi connectivity index (χ2n) is 7.92. The molecule has 1 aromatic carbocycles. The van der Waals surface area contributed by atoms with Crippen LogP contribution >= 0.6 is 11.6 Å². The zero-order valence-corrected chi connectivity index (χ0v) is 17.1. The number of nitrogens with zero attached hydrogens (tertiary/aromatic N) is 2. The third-order valence-electron chi connectivity index (χ3n) is 5.17. The van der Waals surface area contributed by atoms with E-state index in [0.29, 0.717) is 11.3 Å². The van der Waals surface area contributed by atoms with E-state index in [1.807, 2.05) is 0 Å². The number of rotatable bonds is 7. The Bertz CT molecular complexity index is 985. The van der Waals surface area contributed by atoms with Gasteiger partial charge in [-0.1, -0.05) is 17.7 Å². The van der Waals surface area contributed by atoms with Crippen molar-refractivity contribution in [2.75, 3.05) is 5.32 Å². The number of urea groups is 1. The van der Waals surface area contributed by atoms with Crippen LogP contribution in [-0.4, -0.2) is 27.8 Å². The number of halogens is 4. The summed E-state index contributed by atoms with van der Waals surface area (Å²) in [6, 6.07) is 2.79. The van der Waals surface area contributed by atoms with Crippen molar-refractivity contribution in [2.24, 2.45) is 5.92 Å². The molecule has 0 saturated heterocycles. The van der Waals surface area contributed by atoms with Crippen molar-refractivity contribution in [3.63, 3.8) is 0 Å². The second kappa shape index (κ2) is 8.41. The smallest absolute Gasteiger partial charge is 0.352 e. The molecular formula is C20H21ClF3N5O2. The minimum absolute atomic E-state index is 0.0372. The van der Waals surface area contributed by atoms with E-state index in [0.717, 1.165) is 31.7 Å². The topological polar surface area (TPSA) is 88.1 Å². The summed E-state index contributed by atoms with van der Waals surface area (Å²) in [6.07, 6.45) is 1.92. The average molecular weight is 456 g/mol. The molecule has 0 aliphatic heterocycles. The number of amides is 3. The molecule has 11 heteroatoms. The summed E-state index contributed by atoms with van der Waals surface area (Å²) >= 11 is 5.71. The Morgan fingerprint density at radius 2 is 1.97 bits per heavy atom. The van der Waals surface area contributed by atoms with Gasteiger partial charge in [-0.05, 0) is 49.3 Å². The van der Waals surface area contributed by atoms with Gasteiger partial charge in [0.15, 0.2) is 0 Å². The molecular weight excluding hydrogens is 435 g/mol. The first-order valence-corrected chi connectivity index (χ1v) is 10.3. The van der Waals surface area contributed by atoms with E-state index in [1.54, 1.807) is 0 Å². The van der Waals surface area contributed by atoms with E-state index >= 15 is 0 Å². The Hall–Kier alpha value is -2.75. The number of nitrogens with one attached hydrogen (secondary N) is 3. The van der Waals surface area contributed by atoms with Crippen LogP contribution in [0, 0.1) is 5.92 Å². The fourth-order valence-corrected chi connectivity index (χ4v) is 3.55. The molecule has 3 amide bonds. The van der Waals surface area contributed by atoms with Gasteiger partial charge in [0.1, 0.15) is 6.54 Å². The molecule has 2 saturated carbocycles. The summed E-state index contributed by atoms with van der Waals surface area (Å²) < 4.78 is 41.0. The van der Waals surface area contributed by atoms with Gasteiger partial charge in [0.05, 0.1) is 28.5 Å². The standard InChI is InChI=1S/C20H21ClF3N5O2/c21-16-6-3-12(7-15(16)20(22,23)24)18(11-1-2-11)28-19(31)27-14-8-25-29(9-14)10-17(30)26-13-4-5-13/h3,6-9,11,13,18H,1-2,4-5,10H2,(H,26,30)(H2,27,28,31). The summed E-state index contributed by atoms with van der Waals surface area (Å²) in [5.74, 6) is -0.0968. The molecule has 1 unspecified atom stereocenters. The molecule has 166 valence electrons. The molecule has 2 aromatic rings. The van der Waals surface area contributed by atoms with Gasteiger partial charge in [-0.3, -0.25) is 9.48 Å². The lowest BCUT2D eigenvalue weighted by Crippen LogP contribution is -2.33. The van der Waals surface area contributed by atoms with Crippen LogP contribution in [0.2, 0.25) is 5.02 Å². The highest BCUT2D eigenvalue weighted by atomic mass is 35.5. The van der Waals surface area contributed by atoms with Crippen LogP contribution in [-0.2, 0) is 17.5 Å². The van der Waals surface area contributed by atoms with Gasteiger partial charge >= 0.3 is 12.2 Å². The Balaban J connectivity index is 1.39. The Labute approximate surface area is 181 Å². The number of hydrogen-bond donors (Lipinski definition) is 3. The third-order valence-corrected chi connectivity index (χ3v) is 5.50. The SMILES string of the molecule is O=C(Cn1cc(NC(=O)NC(c2ccc(Cl)c(C(F)(F)F)c2)C2CC2)cn1)NC1CC1. The molecule has 0 bridgehead atoms. The number of benzene rings is 1. The lowest BCUT2D eigenvalue weighted by Gasteiger charge is -2.20. The number of carbonyl (C=O) groups excluding carboxylic acids is 2. The van der Waals surface area contributed by atoms with E-state index < -0.39 is 23.8 Å². The minimum Gasteiger partial charge on any atom is -0.352 e. The largest absolute Gasteiger partial charge is 0.417 e. The van der Waals surface area contributed by atoms with Gasteiger partial charge in [-0.15, -0.1) is 0 Å². The number of hydrogen-bond acceptors (Lipinski definition) is 3. The summed E-state index contributed by atoms with van der Waals surface area (Å²) in [6.45, 7) is 0.0372. The predicted molar refractivity (Wildman–Crippen MR) is 107 cm³/mol. The average Bonchev–Trinajstić information content (AvgIpc) is 3.60. The molecule has 2 aliphatic carbocycles.